The Labute approximate surface area is 152 Å². The molecule has 5 nitrogen and oxygen atoms in total. The molecule has 0 saturated heterocycles. The predicted molar refractivity (Wildman–Crippen MR) is 103 cm³/mol. The van der Waals surface area contributed by atoms with E-state index in [9.17, 15) is 5.26 Å². The van der Waals surface area contributed by atoms with Gasteiger partial charge in [-0.25, -0.2) is 4.98 Å². The number of hydrogen-bond donors (Lipinski definition) is 1. The van der Waals surface area contributed by atoms with E-state index in [0.717, 1.165) is 50.3 Å². The number of rotatable bonds is 2. The summed E-state index contributed by atoms with van der Waals surface area (Å²) in [4.78, 5) is 7.67. The third-order valence-corrected chi connectivity index (χ3v) is 4.59. The molecule has 0 aliphatic heterocycles. The number of fused-ring (bicyclic) bond motifs is 1. The predicted octanol–water partition coefficient (Wildman–Crippen LogP) is 5.32. The summed E-state index contributed by atoms with van der Waals surface area (Å²) in [6.07, 6.45) is 1.69. The van der Waals surface area contributed by atoms with Gasteiger partial charge >= 0.3 is 0 Å². The second-order valence-corrected chi connectivity index (χ2v) is 6.11. The largest absolute Gasteiger partial charge is 0.361 e. The highest BCUT2D eigenvalue weighted by molar-refractivity contribution is 5.97. The summed E-state index contributed by atoms with van der Waals surface area (Å²) >= 11 is 0. The molecule has 4 aromatic rings. The Hall–Kier alpha value is -3.39. The Bertz CT molecular complexity index is 1130. The second kappa shape index (κ2) is 6.49. The van der Waals surface area contributed by atoms with Crippen LogP contribution in [0.1, 0.15) is 30.0 Å². The lowest BCUT2D eigenvalue weighted by Crippen LogP contribution is -1.91. The number of benzene rings is 2. The summed E-state index contributed by atoms with van der Waals surface area (Å²) in [5.74, 6) is 0.782. The van der Waals surface area contributed by atoms with Gasteiger partial charge in [0.25, 0.3) is 0 Å². The van der Waals surface area contributed by atoms with Gasteiger partial charge < -0.3 is 9.51 Å². The van der Waals surface area contributed by atoms with Crippen molar-refractivity contribution in [2.45, 2.75) is 28.2 Å². The Morgan fingerprint density at radius 3 is 2.62 bits per heavy atom. The zero-order valence-corrected chi connectivity index (χ0v) is 14.2. The number of nitriles is 1. The van der Waals surface area contributed by atoms with Crippen LogP contribution in [-0.4, -0.2) is 15.1 Å². The molecule has 1 N–H and O–H groups in total. The van der Waals surface area contributed by atoms with Gasteiger partial charge in [0.15, 0.2) is 0 Å². The molecule has 0 unspecified atom stereocenters. The van der Waals surface area contributed by atoms with E-state index >= 15 is 0 Å². The molecule has 0 bridgehead atoms. The maximum absolute atomic E-state index is 9.35. The van der Waals surface area contributed by atoms with Gasteiger partial charge in [-0.15, -0.1) is 0 Å². The fraction of sp³-hybridized carbons (Fsp3) is 0.190. The minimum atomic E-state index is 0. The molecule has 130 valence electrons. The molecule has 0 spiro atoms. The number of imidazole rings is 1. The van der Waals surface area contributed by atoms with E-state index in [1.54, 1.807) is 6.33 Å². The quantitative estimate of drug-likeness (QED) is 0.534. The number of aromatic nitrogens is 3. The topological polar surface area (TPSA) is 78.5 Å². The number of hydrogen-bond acceptors (Lipinski definition) is 4. The fourth-order valence-corrected chi connectivity index (χ4v) is 3.34. The van der Waals surface area contributed by atoms with Crippen LogP contribution in [0.3, 0.4) is 0 Å². The number of nitrogens with one attached hydrogen (secondary N) is 1. The Morgan fingerprint density at radius 2 is 1.92 bits per heavy atom. The highest BCUT2D eigenvalue weighted by Gasteiger charge is 2.17. The van der Waals surface area contributed by atoms with Gasteiger partial charge in [-0.2, -0.15) is 5.26 Å². The standard InChI is InChI=1S/C20H16N4O.CH4/c1-11-14(9-21)5-4-6-16(11)17-7-15(8-18-20(17)23-10-22-18)19-12(2)24-25-13(19)3;/h4-8,10H,1-3H3,(H,22,23);1H4. The van der Waals surface area contributed by atoms with Crippen molar-refractivity contribution < 1.29 is 4.52 Å². The summed E-state index contributed by atoms with van der Waals surface area (Å²) in [5.41, 5.74) is 8.30. The molecule has 0 radical (unpaired) electrons. The minimum absolute atomic E-state index is 0. The first-order valence-electron chi connectivity index (χ1n) is 8.00. The van der Waals surface area contributed by atoms with Gasteiger partial charge in [-0.05, 0) is 55.7 Å². The first-order valence-corrected chi connectivity index (χ1v) is 8.00. The molecule has 2 aromatic heterocycles. The third kappa shape index (κ3) is 2.56. The van der Waals surface area contributed by atoms with Crippen molar-refractivity contribution in [3.05, 3.63) is 59.2 Å². The van der Waals surface area contributed by atoms with Gasteiger partial charge in [0, 0.05) is 11.1 Å². The van der Waals surface area contributed by atoms with Crippen LogP contribution in [0.25, 0.3) is 33.3 Å². The van der Waals surface area contributed by atoms with Crippen molar-refractivity contribution in [1.82, 2.24) is 15.1 Å². The van der Waals surface area contributed by atoms with Crippen molar-refractivity contribution in [3.8, 4) is 28.3 Å². The zero-order valence-electron chi connectivity index (χ0n) is 14.2. The highest BCUT2D eigenvalue weighted by atomic mass is 16.5. The third-order valence-electron chi connectivity index (χ3n) is 4.59. The SMILES string of the molecule is C.Cc1noc(C)c1-c1cc(-c2cccc(C#N)c2C)c2nc[nH]c2c1. The average Bonchev–Trinajstić information content (AvgIpc) is 3.20. The maximum atomic E-state index is 9.35. The Balaban J connectivity index is 0.00000196. The minimum Gasteiger partial charge on any atom is -0.361 e. The smallest absolute Gasteiger partial charge is 0.141 e. The molecule has 4 rings (SSSR count). The van der Waals surface area contributed by atoms with E-state index < -0.39 is 0 Å². The lowest BCUT2D eigenvalue weighted by Gasteiger charge is -2.11. The lowest BCUT2D eigenvalue weighted by molar-refractivity contribution is 0.393. The zero-order chi connectivity index (χ0) is 17.6. The molecule has 5 heteroatoms. The molecule has 0 aliphatic carbocycles. The monoisotopic (exact) mass is 344 g/mol. The van der Waals surface area contributed by atoms with Gasteiger partial charge in [-0.3, -0.25) is 0 Å². The van der Waals surface area contributed by atoms with Gasteiger partial charge in [0.2, 0.25) is 0 Å². The molecular weight excluding hydrogens is 324 g/mol. The van der Waals surface area contributed by atoms with Crippen LogP contribution in [0.15, 0.2) is 41.2 Å². The summed E-state index contributed by atoms with van der Waals surface area (Å²) in [5, 5.41) is 13.4. The Morgan fingerprint density at radius 1 is 1.12 bits per heavy atom. The second-order valence-electron chi connectivity index (χ2n) is 6.11. The van der Waals surface area contributed by atoms with E-state index in [4.69, 9.17) is 4.52 Å². The first-order chi connectivity index (χ1) is 12.1. The number of H-pyrrole nitrogens is 1. The molecule has 0 amide bonds. The molecule has 26 heavy (non-hydrogen) atoms. The number of aryl methyl sites for hydroxylation is 2. The lowest BCUT2D eigenvalue weighted by atomic mass is 9.92. The van der Waals surface area contributed by atoms with Crippen LogP contribution in [0, 0.1) is 32.1 Å². The van der Waals surface area contributed by atoms with Crippen molar-refractivity contribution in [2.24, 2.45) is 0 Å². The summed E-state index contributed by atoms with van der Waals surface area (Å²) < 4.78 is 5.33. The fourth-order valence-electron chi connectivity index (χ4n) is 3.34. The molecule has 2 aromatic carbocycles. The summed E-state index contributed by atoms with van der Waals surface area (Å²) in [7, 11) is 0. The number of nitrogens with zero attached hydrogens (tertiary/aromatic N) is 3. The summed E-state index contributed by atoms with van der Waals surface area (Å²) in [6.45, 7) is 5.81. The van der Waals surface area contributed by atoms with E-state index in [2.05, 4.69) is 33.3 Å². The van der Waals surface area contributed by atoms with Crippen molar-refractivity contribution in [2.75, 3.05) is 0 Å². The summed E-state index contributed by atoms with van der Waals surface area (Å²) in [6, 6.07) is 12.2. The van der Waals surface area contributed by atoms with E-state index in [1.165, 1.54) is 0 Å². The van der Waals surface area contributed by atoms with Crippen molar-refractivity contribution in [3.63, 3.8) is 0 Å². The molecule has 0 fully saturated rings. The van der Waals surface area contributed by atoms with Crippen molar-refractivity contribution >= 4 is 11.0 Å². The first kappa shape index (κ1) is 17.4. The van der Waals surface area contributed by atoms with Crippen molar-refractivity contribution in [1.29, 1.82) is 5.26 Å². The van der Waals surface area contributed by atoms with Crippen LogP contribution in [0.5, 0.6) is 0 Å². The highest BCUT2D eigenvalue weighted by Crippen LogP contribution is 2.36. The molecule has 0 saturated carbocycles. The van der Waals surface area contributed by atoms with Gasteiger partial charge in [0.1, 0.15) is 5.76 Å². The van der Waals surface area contributed by atoms with Gasteiger partial charge in [0.05, 0.1) is 34.7 Å². The Kier molecular flexibility index (Phi) is 4.35. The van der Waals surface area contributed by atoms with E-state index in [-0.39, 0.29) is 7.43 Å². The van der Waals surface area contributed by atoms with Gasteiger partial charge in [-0.1, -0.05) is 24.7 Å². The normalized spacial score (nSPS) is 10.5. The van der Waals surface area contributed by atoms with E-state index in [0.29, 0.717) is 5.56 Å². The van der Waals surface area contributed by atoms with Crippen LogP contribution >= 0.6 is 0 Å². The molecule has 2 heterocycles. The number of aromatic amines is 1. The van der Waals surface area contributed by atoms with Crippen LogP contribution in [0.2, 0.25) is 0 Å². The van der Waals surface area contributed by atoms with Crippen LogP contribution in [0.4, 0.5) is 0 Å². The molecular formula is C21H20N4O. The average molecular weight is 344 g/mol. The maximum Gasteiger partial charge on any atom is 0.141 e. The van der Waals surface area contributed by atoms with Crippen LogP contribution in [-0.2, 0) is 0 Å². The van der Waals surface area contributed by atoms with Crippen LogP contribution < -0.4 is 0 Å². The molecule has 0 atom stereocenters. The van der Waals surface area contributed by atoms with E-state index in [1.807, 2.05) is 39.0 Å². The molecule has 0 aliphatic rings.